The van der Waals surface area contributed by atoms with E-state index in [9.17, 15) is 4.79 Å². The van der Waals surface area contributed by atoms with E-state index in [1.807, 2.05) is 58.0 Å². The molecule has 0 bridgehead atoms. The van der Waals surface area contributed by atoms with Crippen molar-refractivity contribution >= 4 is 22.5 Å². The number of fused-ring (bicyclic) bond motifs is 2. The third-order valence-corrected chi connectivity index (χ3v) is 5.25. The smallest absolute Gasteiger partial charge is 0.228 e. The Bertz CT molecular complexity index is 1120. The van der Waals surface area contributed by atoms with Crippen molar-refractivity contribution in [1.29, 1.82) is 0 Å². The summed E-state index contributed by atoms with van der Waals surface area (Å²) in [5.74, 6) is 1.19. The lowest BCUT2D eigenvalue weighted by molar-refractivity contribution is -0.131. The van der Waals surface area contributed by atoms with Gasteiger partial charge >= 0.3 is 0 Å². The highest BCUT2D eigenvalue weighted by Gasteiger charge is 2.28. The van der Waals surface area contributed by atoms with Gasteiger partial charge in [-0.2, -0.15) is 0 Å². The Kier molecular flexibility index (Phi) is 3.85. The van der Waals surface area contributed by atoms with Crippen LogP contribution in [0.25, 0.3) is 16.6 Å². The second kappa shape index (κ2) is 6.50. The van der Waals surface area contributed by atoms with Crippen LogP contribution in [-0.4, -0.2) is 43.7 Å². The molecular formula is C20H19N5O2. The molecule has 1 saturated heterocycles. The summed E-state index contributed by atoms with van der Waals surface area (Å²) >= 11 is 0. The van der Waals surface area contributed by atoms with Crippen LogP contribution in [0.4, 0.5) is 0 Å². The fraction of sp³-hybridized carbons (Fsp3) is 0.300. The summed E-state index contributed by atoms with van der Waals surface area (Å²) < 4.78 is 7.34. The molecule has 1 fully saturated rings. The zero-order chi connectivity index (χ0) is 18.2. The number of rotatable bonds is 3. The molecule has 1 aliphatic rings. The number of piperidine rings is 1. The molecule has 0 saturated carbocycles. The minimum Gasteiger partial charge on any atom is -0.356 e. The molecule has 7 heteroatoms. The molecule has 0 aliphatic carbocycles. The average Bonchev–Trinajstić information content (AvgIpc) is 3.33. The molecule has 1 amide bonds. The highest BCUT2D eigenvalue weighted by Crippen LogP contribution is 2.27. The van der Waals surface area contributed by atoms with Gasteiger partial charge in [0.25, 0.3) is 0 Å². The third kappa shape index (κ3) is 2.85. The Balaban J connectivity index is 1.35. The Morgan fingerprint density at radius 2 is 2.04 bits per heavy atom. The lowest BCUT2D eigenvalue weighted by Gasteiger charge is -2.31. The topological polar surface area (TPSA) is 76.5 Å². The standard InChI is InChI=1S/C20H19N5O2/c26-19(12-16-15-7-1-2-8-17(15)27-23-16)24-10-5-6-14(13-24)20-22-21-18-9-3-4-11-25(18)20/h1-4,7-9,11,14H,5-6,10,12-13H2/t14-/m1/s1. The van der Waals surface area contributed by atoms with E-state index >= 15 is 0 Å². The van der Waals surface area contributed by atoms with Gasteiger partial charge in [-0.05, 0) is 37.1 Å². The lowest BCUT2D eigenvalue weighted by Crippen LogP contribution is -2.40. The zero-order valence-corrected chi connectivity index (χ0v) is 14.8. The normalized spacial score (nSPS) is 17.6. The molecule has 27 heavy (non-hydrogen) atoms. The molecule has 0 N–H and O–H groups in total. The van der Waals surface area contributed by atoms with Gasteiger partial charge in [-0.3, -0.25) is 9.20 Å². The third-order valence-electron chi connectivity index (χ3n) is 5.25. The van der Waals surface area contributed by atoms with Crippen LogP contribution in [0.15, 0.2) is 53.2 Å². The van der Waals surface area contributed by atoms with Crippen molar-refractivity contribution in [1.82, 2.24) is 24.7 Å². The van der Waals surface area contributed by atoms with E-state index in [2.05, 4.69) is 15.4 Å². The maximum Gasteiger partial charge on any atom is 0.228 e. The van der Waals surface area contributed by atoms with Crippen molar-refractivity contribution in [3.8, 4) is 0 Å². The fourth-order valence-corrected chi connectivity index (χ4v) is 3.87. The lowest BCUT2D eigenvalue weighted by atomic mass is 9.96. The number of hydrogen-bond acceptors (Lipinski definition) is 5. The number of amides is 1. The summed E-state index contributed by atoms with van der Waals surface area (Å²) in [6, 6.07) is 13.5. The Labute approximate surface area is 155 Å². The Hall–Kier alpha value is -3.22. The van der Waals surface area contributed by atoms with Crippen LogP contribution in [0, 0.1) is 0 Å². The van der Waals surface area contributed by atoms with Gasteiger partial charge in [0.05, 0.1) is 6.42 Å². The molecule has 1 aliphatic heterocycles. The van der Waals surface area contributed by atoms with Crippen LogP contribution in [0.3, 0.4) is 0 Å². The minimum absolute atomic E-state index is 0.0765. The molecule has 3 aromatic heterocycles. The molecule has 0 unspecified atom stereocenters. The molecule has 4 heterocycles. The largest absolute Gasteiger partial charge is 0.356 e. The van der Waals surface area contributed by atoms with Gasteiger partial charge in [0.15, 0.2) is 11.2 Å². The number of hydrogen-bond donors (Lipinski definition) is 0. The predicted octanol–water partition coefficient (Wildman–Crippen LogP) is 2.82. The first-order chi connectivity index (χ1) is 13.3. The molecule has 0 spiro atoms. The molecule has 7 nitrogen and oxygen atoms in total. The summed E-state index contributed by atoms with van der Waals surface area (Å²) in [7, 11) is 0. The van der Waals surface area contributed by atoms with Gasteiger partial charge in [0.1, 0.15) is 11.5 Å². The van der Waals surface area contributed by atoms with E-state index in [0.29, 0.717) is 17.8 Å². The SMILES string of the molecule is O=C(Cc1noc2ccccc12)N1CCC[C@@H](c2nnc3ccccn23)C1. The average molecular weight is 361 g/mol. The second-order valence-corrected chi connectivity index (χ2v) is 6.97. The summed E-state index contributed by atoms with van der Waals surface area (Å²) in [5, 5.41) is 13.6. The van der Waals surface area contributed by atoms with Gasteiger partial charge in [0.2, 0.25) is 5.91 Å². The number of carbonyl (C=O) groups excluding carboxylic acids is 1. The van der Waals surface area contributed by atoms with Crippen molar-refractivity contribution in [2.24, 2.45) is 0 Å². The molecular weight excluding hydrogens is 342 g/mol. The van der Waals surface area contributed by atoms with E-state index in [1.165, 1.54) is 0 Å². The Morgan fingerprint density at radius 3 is 3.00 bits per heavy atom. The number of carbonyl (C=O) groups is 1. The summed E-state index contributed by atoms with van der Waals surface area (Å²) in [6.07, 6.45) is 4.20. The second-order valence-electron chi connectivity index (χ2n) is 6.97. The van der Waals surface area contributed by atoms with Crippen LogP contribution in [0.1, 0.15) is 30.3 Å². The van der Waals surface area contributed by atoms with Crippen LogP contribution < -0.4 is 0 Å². The number of benzene rings is 1. The zero-order valence-electron chi connectivity index (χ0n) is 14.8. The first-order valence-corrected chi connectivity index (χ1v) is 9.20. The van der Waals surface area contributed by atoms with Crippen LogP contribution in [0.2, 0.25) is 0 Å². The van der Waals surface area contributed by atoms with Crippen molar-refractivity contribution in [3.63, 3.8) is 0 Å². The van der Waals surface area contributed by atoms with Crippen LogP contribution in [-0.2, 0) is 11.2 Å². The predicted molar refractivity (Wildman–Crippen MR) is 99.3 cm³/mol. The summed E-state index contributed by atoms with van der Waals surface area (Å²) in [6.45, 7) is 1.42. The number of likely N-dealkylation sites (tertiary alicyclic amines) is 1. The van der Waals surface area contributed by atoms with Gasteiger partial charge in [-0.1, -0.05) is 23.4 Å². The van der Waals surface area contributed by atoms with Crippen molar-refractivity contribution in [3.05, 3.63) is 60.2 Å². The number of pyridine rings is 1. The van der Waals surface area contributed by atoms with Gasteiger partial charge in [-0.25, -0.2) is 0 Å². The van der Waals surface area contributed by atoms with E-state index < -0.39 is 0 Å². The first-order valence-electron chi connectivity index (χ1n) is 9.20. The molecule has 1 aromatic carbocycles. The van der Waals surface area contributed by atoms with Crippen molar-refractivity contribution in [2.75, 3.05) is 13.1 Å². The highest BCUT2D eigenvalue weighted by atomic mass is 16.5. The number of para-hydroxylation sites is 1. The fourth-order valence-electron chi connectivity index (χ4n) is 3.87. The monoisotopic (exact) mass is 361 g/mol. The first kappa shape index (κ1) is 16.0. The van der Waals surface area contributed by atoms with Gasteiger partial charge < -0.3 is 9.42 Å². The molecule has 0 radical (unpaired) electrons. The Morgan fingerprint density at radius 1 is 1.15 bits per heavy atom. The molecule has 136 valence electrons. The van der Waals surface area contributed by atoms with Gasteiger partial charge in [-0.15, -0.1) is 10.2 Å². The van der Waals surface area contributed by atoms with E-state index in [1.54, 1.807) is 0 Å². The quantitative estimate of drug-likeness (QED) is 0.561. The summed E-state index contributed by atoms with van der Waals surface area (Å²) in [5.41, 5.74) is 2.25. The van der Waals surface area contributed by atoms with Crippen LogP contribution in [0.5, 0.6) is 0 Å². The van der Waals surface area contributed by atoms with Crippen molar-refractivity contribution < 1.29 is 9.32 Å². The summed E-state index contributed by atoms with van der Waals surface area (Å²) in [4.78, 5) is 14.8. The van der Waals surface area contributed by atoms with E-state index in [0.717, 1.165) is 36.2 Å². The van der Waals surface area contributed by atoms with Gasteiger partial charge in [0, 0.05) is 30.6 Å². The van der Waals surface area contributed by atoms with Crippen molar-refractivity contribution in [2.45, 2.75) is 25.2 Å². The van der Waals surface area contributed by atoms with E-state index in [-0.39, 0.29) is 18.2 Å². The molecule has 1 atom stereocenters. The highest BCUT2D eigenvalue weighted by molar-refractivity contribution is 5.86. The molecule has 5 rings (SSSR count). The van der Waals surface area contributed by atoms with E-state index in [4.69, 9.17) is 4.52 Å². The minimum atomic E-state index is 0.0765. The maximum atomic E-state index is 12.9. The number of aromatic nitrogens is 4. The maximum absolute atomic E-state index is 12.9. The molecule has 4 aromatic rings. The number of nitrogens with zero attached hydrogens (tertiary/aromatic N) is 5. The van der Waals surface area contributed by atoms with Crippen LogP contribution >= 0.6 is 0 Å².